The van der Waals surface area contributed by atoms with Crippen LogP contribution in [0.3, 0.4) is 0 Å². The summed E-state index contributed by atoms with van der Waals surface area (Å²) in [5.74, 6) is -0.684. The number of nitrogens with zero attached hydrogens (tertiary/aromatic N) is 2. The predicted molar refractivity (Wildman–Crippen MR) is 81.2 cm³/mol. The Bertz CT molecular complexity index is 572. The Kier molecular flexibility index (Phi) is 5.38. The van der Waals surface area contributed by atoms with Crippen LogP contribution in [0.4, 0.5) is 0 Å². The number of carboxylic acid groups (broad SMARTS) is 1. The summed E-state index contributed by atoms with van der Waals surface area (Å²) in [5.41, 5.74) is 1.29. The first-order chi connectivity index (χ1) is 10.1. The number of rotatable bonds is 6. The summed E-state index contributed by atoms with van der Waals surface area (Å²) in [7, 11) is 0. The highest BCUT2D eigenvalue weighted by atomic mass is 32.2. The Morgan fingerprint density at radius 1 is 1.48 bits per heavy atom. The average molecular weight is 306 g/mol. The van der Waals surface area contributed by atoms with Crippen molar-refractivity contribution < 1.29 is 14.7 Å². The Labute approximate surface area is 128 Å². The van der Waals surface area contributed by atoms with Gasteiger partial charge in [-0.05, 0) is 38.3 Å². The zero-order valence-electron chi connectivity index (χ0n) is 11.9. The highest BCUT2D eigenvalue weighted by molar-refractivity contribution is 7.99. The van der Waals surface area contributed by atoms with Crippen molar-refractivity contribution in [3.05, 3.63) is 35.7 Å². The fourth-order valence-corrected chi connectivity index (χ4v) is 3.05. The summed E-state index contributed by atoms with van der Waals surface area (Å²) in [6.07, 6.45) is 6.67. The predicted octanol–water partition coefficient (Wildman–Crippen LogP) is 2.79. The fraction of sp³-hybridized carbons (Fsp3) is 0.400. The average Bonchev–Trinajstić information content (AvgIpc) is 3.00. The van der Waals surface area contributed by atoms with Crippen LogP contribution < -0.4 is 0 Å². The van der Waals surface area contributed by atoms with Gasteiger partial charge in [0.25, 0.3) is 0 Å². The summed E-state index contributed by atoms with van der Waals surface area (Å²) < 4.78 is 0. The standard InChI is InChI=1S/C15H18N2O3S/c1-2-17(12-5-3-4-6-12)14(18)10-21-13-9-11(15(19)20)7-8-16-13/h5,7-9H,2-4,6,10H2,1H3,(H,19,20). The van der Waals surface area contributed by atoms with Gasteiger partial charge in [0.05, 0.1) is 16.3 Å². The Morgan fingerprint density at radius 2 is 2.29 bits per heavy atom. The second-order valence-electron chi connectivity index (χ2n) is 4.70. The maximum absolute atomic E-state index is 12.3. The highest BCUT2D eigenvalue weighted by Gasteiger charge is 2.18. The number of aromatic carboxylic acids is 1. The maximum Gasteiger partial charge on any atom is 0.335 e. The molecule has 0 saturated carbocycles. The molecule has 0 bridgehead atoms. The molecule has 0 fully saturated rings. The molecule has 0 aromatic carbocycles. The molecule has 0 radical (unpaired) electrons. The second-order valence-corrected chi connectivity index (χ2v) is 5.70. The zero-order valence-corrected chi connectivity index (χ0v) is 12.7. The van der Waals surface area contributed by atoms with E-state index in [4.69, 9.17) is 5.11 Å². The van der Waals surface area contributed by atoms with E-state index < -0.39 is 5.97 Å². The third-order valence-corrected chi connectivity index (χ3v) is 4.22. The van der Waals surface area contributed by atoms with E-state index >= 15 is 0 Å². The number of carbonyl (C=O) groups is 2. The maximum atomic E-state index is 12.3. The number of carboxylic acids is 1. The molecular formula is C15H18N2O3S. The van der Waals surface area contributed by atoms with Crippen LogP contribution in [-0.4, -0.2) is 39.2 Å². The Balaban J connectivity index is 1.96. The molecule has 21 heavy (non-hydrogen) atoms. The molecule has 1 aromatic rings. The van der Waals surface area contributed by atoms with Crippen molar-refractivity contribution in [2.75, 3.05) is 12.3 Å². The van der Waals surface area contributed by atoms with Crippen molar-refractivity contribution in [1.29, 1.82) is 0 Å². The van der Waals surface area contributed by atoms with Gasteiger partial charge >= 0.3 is 5.97 Å². The van der Waals surface area contributed by atoms with Crippen LogP contribution >= 0.6 is 11.8 Å². The molecule has 0 saturated heterocycles. The third-order valence-electron chi connectivity index (χ3n) is 3.31. The quantitative estimate of drug-likeness (QED) is 0.818. The van der Waals surface area contributed by atoms with Crippen LogP contribution in [-0.2, 0) is 4.79 Å². The van der Waals surface area contributed by atoms with Gasteiger partial charge in [0, 0.05) is 18.4 Å². The van der Waals surface area contributed by atoms with Crippen molar-refractivity contribution >= 4 is 23.6 Å². The number of thioether (sulfide) groups is 1. The minimum atomic E-state index is -0.989. The van der Waals surface area contributed by atoms with E-state index in [2.05, 4.69) is 11.1 Å². The largest absolute Gasteiger partial charge is 0.478 e. The van der Waals surface area contributed by atoms with Gasteiger partial charge in [-0.2, -0.15) is 0 Å². The van der Waals surface area contributed by atoms with E-state index in [9.17, 15) is 9.59 Å². The molecule has 0 spiro atoms. The zero-order chi connectivity index (χ0) is 15.2. The summed E-state index contributed by atoms with van der Waals surface area (Å²) in [5, 5.41) is 9.49. The van der Waals surface area contributed by atoms with Crippen LogP contribution in [0.1, 0.15) is 36.5 Å². The fourth-order valence-electron chi connectivity index (χ4n) is 2.27. The molecule has 0 atom stereocenters. The van der Waals surface area contributed by atoms with E-state index in [1.54, 1.807) is 4.90 Å². The SMILES string of the molecule is CCN(C(=O)CSc1cc(C(=O)O)ccn1)C1=CCCC1. The van der Waals surface area contributed by atoms with Gasteiger partial charge in [0.2, 0.25) is 5.91 Å². The van der Waals surface area contributed by atoms with Crippen LogP contribution in [0.15, 0.2) is 35.1 Å². The molecule has 0 unspecified atom stereocenters. The molecule has 1 aromatic heterocycles. The molecule has 1 aliphatic rings. The lowest BCUT2D eigenvalue weighted by Gasteiger charge is -2.22. The summed E-state index contributed by atoms with van der Waals surface area (Å²) in [6.45, 7) is 2.62. The van der Waals surface area contributed by atoms with Gasteiger partial charge in [0.1, 0.15) is 0 Å². The van der Waals surface area contributed by atoms with E-state index in [0.717, 1.165) is 25.0 Å². The highest BCUT2D eigenvalue weighted by Crippen LogP contribution is 2.23. The van der Waals surface area contributed by atoms with Crippen LogP contribution in [0.25, 0.3) is 0 Å². The normalized spacial score (nSPS) is 13.9. The van der Waals surface area contributed by atoms with Gasteiger partial charge in [-0.15, -0.1) is 0 Å². The molecule has 1 heterocycles. The topological polar surface area (TPSA) is 70.5 Å². The smallest absolute Gasteiger partial charge is 0.335 e. The van der Waals surface area contributed by atoms with E-state index in [1.807, 2.05) is 6.92 Å². The van der Waals surface area contributed by atoms with E-state index in [0.29, 0.717) is 11.6 Å². The van der Waals surface area contributed by atoms with Gasteiger partial charge in [-0.3, -0.25) is 4.79 Å². The monoisotopic (exact) mass is 306 g/mol. The molecule has 0 aliphatic heterocycles. The van der Waals surface area contributed by atoms with Crippen LogP contribution in [0.2, 0.25) is 0 Å². The molecular weight excluding hydrogens is 288 g/mol. The van der Waals surface area contributed by atoms with E-state index in [-0.39, 0.29) is 17.2 Å². The number of amides is 1. The molecule has 1 amide bonds. The number of allylic oxidation sites excluding steroid dienone is 2. The third kappa shape index (κ3) is 4.07. The number of hydrogen-bond donors (Lipinski definition) is 1. The van der Waals surface area contributed by atoms with Gasteiger partial charge in [0.15, 0.2) is 0 Å². The van der Waals surface area contributed by atoms with Gasteiger partial charge in [-0.25, -0.2) is 9.78 Å². The number of hydrogen-bond acceptors (Lipinski definition) is 4. The van der Waals surface area contributed by atoms with Crippen LogP contribution in [0.5, 0.6) is 0 Å². The summed E-state index contributed by atoms with van der Waals surface area (Å²) in [6, 6.07) is 2.93. The molecule has 2 rings (SSSR count). The van der Waals surface area contributed by atoms with Crippen molar-refractivity contribution in [2.45, 2.75) is 31.2 Å². The second kappa shape index (κ2) is 7.26. The molecule has 1 aliphatic carbocycles. The summed E-state index contributed by atoms with van der Waals surface area (Å²) in [4.78, 5) is 29.1. The van der Waals surface area contributed by atoms with E-state index in [1.165, 1.54) is 30.1 Å². The van der Waals surface area contributed by atoms with Crippen molar-refractivity contribution in [1.82, 2.24) is 9.88 Å². The minimum absolute atomic E-state index is 0.0400. The Morgan fingerprint density at radius 3 is 2.90 bits per heavy atom. The number of pyridine rings is 1. The number of aromatic nitrogens is 1. The lowest BCUT2D eigenvalue weighted by molar-refractivity contribution is -0.126. The first kappa shape index (κ1) is 15.6. The van der Waals surface area contributed by atoms with Gasteiger partial charge in [-0.1, -0.05) is 17.8 Å². The van der Waals surface area contributed by atoms with Crippen molar-refractivity contribution in [2.24, 2.45) is 0 Å². The lowest BCUT2D eigenvalue weighted by atomic mass is 10.3. The molecule has 5 nitrogen and oxygen atoms in total. The molecule has 6 heteroatoms. The first-order valence-corrected chi connectivity index (χ1v) is 7.92. The minimum Gasteiger partial charge on any atom is -0.478 e. The summed E-state index contributed by atoms with van der Waals surface area (Å²) >= 11 is 1.27. The number of carbonyl (C=O) groups excluding carboxylic acids is 1. The van der Waals surface area contributed by atoms with Crippen molar-refractivity contribution in [3.63, 3.8) is 0 Å². The molecule has 1 N–H and O–H groups in total. The molecule has 112 valence electrons. The van der Waals surface area contributed by atoms with Crippen LogP contribution in [0, 0.1) is 0 Å². The Hall–Kier alpha value is -1.82. The first-order valence-electron chi connectivity index (χ1n) is 6.93. The van der Waals surface area contributed by atoms with Gasteiger partial charge < -0.3 is 10.0 Å². The lowest BCUT2D eigenvalue weighted by Crippen LogP contribution is -2.31. The van der Waals surface area contributed by atoms with Crippen molar-refractivity contribution in [3.8, 4) is 0 Å².